The number of carboxylic acid groups (broad SMARTS) is 1. The molecule has 1 amide bonds. The van der Waals surface area contributed by atoms with Crippen LogP contribution in [-0.4, -0.2) is 40.3 Å². The highest BCUT2D eigenvalue weighted by Gasteiger charge is 2.23. The highest BCUT2D eigenvalue weighted by molar-refractivity contribution is 7.99. The summed E-state index contributed by atoms with van der Waals surface area (Å²) in [6.45, 7) is 9.43. The number of amides is 1. The maximum atomic E-state index is 11.5. The van der Waals surface area contributed by atoms with Crippen LogP contribution in [0.25, 0.3) is 0 Å². The van der Waals surface area contributed by atoms with E-state index in [0.29, 0.717) is 18.1 Å². The fourth-order valence-corrected chi connectivity index (χ4v) is 2.27. The summed E-state index contributed by atoms with van der Waals surface area (Å²) in [7, 11) is 0. The molecule has 2 N–H and O–H groups in total. The minimum absolute atomic E-state index is 0.395. The summed E-state index contributed by atoms with van der Waals surface area (Å²) in [6.07, 6.45) is -0.292. The van der Waals surface area contributed by atoms with Gasteiger partial charge in [0.05, 0.1) is 0 Å². The first-order valence-electron chi connectivity index (χ1n) is 6.42. The molecule has 0 aromatic rings. The minimum Gasteiger partial charge on any atom is -0.480 e. The normalized spacial score (nSPS) is 13.2. The predicted molar refractivity (Wildman–Crippen MR) is 77.6 cm³/mol. The van der Waals surface area contributed by atoms with Gasteiger partial charge >= 0.3 is 12.1 Å². The van der Waals surface area contributed by atoms with Crippen LogP contribution in [0.15, 0.2) is 0 Å². The van der Waals surface area contributed by atoms with Crippen molar-refractivity contribution in [3.63, 3.8) is 0 Å². The lowest BCUT2D eigenvalue weighted by Gasteiger charge is -2.22. The van der Waals surface area contributed by atoms with Crippen LogP contribution in [0.3, 0.4) is 0 Å². The third-order valence-electron chi connectivity index (χ3n) is 1.99. The van der Waals surface area contributed by atoms with Crippen LogP contribution < -0.4 is 5.32 Å². The number of carbonyl (C=O) groups excluding carboxylic acids is 1. The van der Waals surface area contributed by atoms with Crippen LogP contribution in [0.5, 0.6) is 0 Å². The molecule has 6 heteroatoms. The van der Waals surface area contributed by atoms with Crippen LogP contribution in [0.4, 0.5) is 4.79 Å². The molecular weight excluding hydrogens is 266 g/mol. The first kappa shape index (κ1) is 18.1. The van der Waals surface area contributed by atoms with Gasteiger partial charge in [-0.25, -0.2) is 9.59 Å². The highest BCUT2D eigenvalue weighted by Crippen LogP contribution is 2.11. The largest absolute Gasteiger partial charge is 0.480 e. The third kappa shape index (κ3) is 10.7. The van der Waals surface area contributed by atoms with E-state index in [1.54, 1.807) is 32.5 Å². The van der Waals surface area contributed by atoms with Crippen LogP contribution >= 0.6 is 11.8 Å². The first-order valence-corrected chi connectivity index (χ1v) is 7.57. The molecule has 0 saturated heterocycles. The Hall–Kier alpha value is -0.910. The lowest BCUT2D eigenvalue weighted by molar-refractivity contribution is -0.139. The van der Waals surface area contributed by atoms with Gasteiger partial charge in [0, 0.05) is 0 Å². The number of aliphatic carboxylic acids is 1. The number of hydrogen-bond acceptors (Lipinski definition) is 4. The lowest BCUT2D eigenvalue weighted by atomic mass is 10.2. The summed E-state index contributed by atoms with van der Waals surface area (Å²) >= 11 is 1.69. The summed E-state index contributed by atoms with van der Waals surface area (Å²) in [5.74, 6) is 1.23. The molecule has 0 saturated carbocycles. The molecule has 0 fully saturated rings. The van der Waals surface area contributed by atoms with E-state index in [-0.39, 0.29) is 0 Å². The van der Waals surface area contributed by atoms with Gasteiger partial charge in [-0.3, -0.25) is 0 Å². The summed E-state index contributed by atoms with van der Waals surface area (Å²) < 4.78 is 5.04. The van der Waals surface area contributed by atoms with Gasteiger partial charge in [0.2, 0.25) is 0 Å². The van der Waals surface area contributed by atoms with Crippen molar-refractivity contribution in [1.82, 2.24) is 5.32 Å². The standard InChI is InChI=1S/C13H25NO4S/c1-9(2)8-19-7-6-10(11(15)16)14-12(17)18-13(3,4)5/h9-10H,6-8H2,1-5H3,(H,14,17)(H,15,16). The van der Waals surface area contributed by atoms with E-state index in [9.17, 15) is 9.59 Å². The second kappa shape index (κ2) is 8.30. The summed E-state index contributed by atoms with van der Waals surface area (Å²) in [5.41, 5.74) is -0.625. The van der Waals surface area contributed by atoms with E-state index in [1.165, 1.54) is 0 Å². The van der Waals surface area contributed by atoms with Crippen molar-refractivity contribution in [1.29, 1.82) is 0 Å². The smallest absolute Gasteiger partial charge is 0.408 e. The fourth-order valence-electron chi connectivity index (χ4n) is 1.23. The third-order valence-corrected chi connectivity index (χ3v) is 3.42. The molecule has 1 unspecified atom stereocenters. The second-order valence-corrected chi connectivity index (χ2v) is 6.94. The highest BCUT2D eigenvalue weighted by atomic mass is 32.2. The number of carboxylic acids is 1. The van der Waals surface area contributed by atoms with E-state index in [4.69, 9.17) is 9.84 Å². The zero-order valence-electron chi connectivity index (χ0n) is 12.4. The average Bonchev–Trinajstić information content (AvgIpc) is 2.19. The molecule has 0 bridgehead atoms. The van der Waals surface area contributed by atoms with Gasteiger partial charge in [-0.15, -0.1) is 0 Å². The monoisotopic (exact) mass is 291 g/mol. The fraction of sp³-hybridized carbons (Fsp3) is 0.846. The molecule has 0 heterocycles. The van der Waals surface area contributed by atoms with E-state index >= 15 is 0 Å². The van der Waals surface area contributed by atoms with Gasteiger partial charge in [-0.1, -0.05) is 13.8 Å². The predicted octanol–water partition coefficient (Wildman–Crippen LogP) is 2.74. The number of thioether (sulfide) groups is 1. The Morgan fingerprint density at radius 2 is 1.89 bits per heavy atom. The summed E-state index contributed by atoms with van der Waals surface area (Å²) in [5, 5.41) is 11.4. The van der Waals surface area contributed by atoms with Crippen LogP contribution in [0.2, 0.25) is 0 Å². The Labute approximate surface area is 119 Å². The van der Waals surface area contributed by atoms with Crippen molar-refractivity contribution < 1.29 is 19.4 Å². The van der Waals surface area contributed by atoms with Gasteiger partial charge in [0.1, 0.15) is 11.6 Å². The number of alkyl carbamates (subject to hydrolysis) is 1. The Morgan fingerprint density at radius 1 is 1.32 bits per heavy atom. The van der Waals surface area contributed by atoms with Crippen molar-refractivity contribution in [2.24, 2.45) is 5.92 Å². The number of nitrogens with one attached hydrogen (secondary N) is 1. The molecule has 0 aliphatic rings. The number of rotatable bonds is 7. The molecular formula is C13H25NO4S. The number of ether oxygens (including phenoxy) is 1. The molecule has 5 nitrogen and oxygen atoms in total. The van der Waals surface area contributed by atoms with E-state index in [2.05, 4.69) is 19.2 Å². The van der Waals surface area contributed by atoms with Crippen LogP contribution in [-0.2, 0) is 9.53 Å². The first-order chi connectivity index (χ1) is 8.61. The van der Waals surface area contributed by atoms with E-state index in [0.717, 1.165) is 5.75 Å². The number of hydrogen-bond donors (Lipinski definition) is 2. The van der Waals surface area contributed by atoms with Gasteiger partial charge in [0.25, 0.3) is 0 Å². The van der Waals surface area contributed by atoms with Crippen LogP contribution in [0.1, 0.15) is 41.0 Å². The van der Waals surface area contributed by atoms with Crippen molar-refractivity contribution in [2.75, 3.05) is 11.5 Å². The minimum atomic E-state index is -1.03. The molecule has 112 valence electrons. The maximum Gasteiger partial charge on any atom is 0.408 e. The SMILES string of the molecule is CC(C)CSCCC(NC(=O)OC(C)(C)C)C(=O)O. The van der Waals surface area contributed by atoms with E-state index in [1.807, 2.05) is 0 Å². The molecule has 0 rings (SSSR count). The Bertz CT molecular complexity index is 300. The molecule has 1 atom stereocenters. The molecule has 0 aromatic heterocycles. The van der Waals surface area contributed by atoms with E-state index < -0.39 is 23.7 Å². The van der Waals surface area contributed by atoms with Crippen molar-refractivity contribution >= 4 is 23.8 Å². The Morgan fingerprint density at radius 3 is 2.32 bits per heavy atom. The van der Waals surface area contributed by atoms with Crippen molar-refractivity contribution in [3.8, 4) is 0 Å². The second-order valence-electron chi connectivity index (χ2n) is 5.79. The zero-order chi connectivity index (χ0) is 15.1. The molecule has 0 aliphatic carbocycles. The van der Waals surface area contributed by atoms with Gasteiger partial charge in [-0.05, 0) is 44.6 Å². The van der Waals surface area contributed by atoms with Gasteiger partial charge in [-0.2, -0.15) is 11.8 Å². The zero-order valence-corrected chi connectivity index (χ0v) is 13.2. The molecule has 0 aliphatic heterocycles. The van der Waals surface area contributed by atoms with Crippen molar-refractivity contribution in [3.05, 3.63) is 0 Å². The maximum absolute atomic E-state index is 11.5. The number of carbonyl (C=O) groups is 2. The quantitative estimate of drug-likeness (QED) is 0.705. The Kier molecular flexibility index (Phi) is 7.90. The van der Waals surface area contributed by atoms with Crippen molar-refractivity contribution in [2.45, 2.75) is 52.7 Å². The molecule has 0 radical (unpaired) electrons. The summed E-state index contributed by atoms with van der Waals surface area (Å²) in [6, 6.07) is -0.894. The molecule has 0 aromatic carbocycles. The molecule has 0 spiro atoms. The summed E-state index contributed by atoms with van der Waals surface area (Å²) in [4.78, 5) is 22.6. The molecule has 19 heavy (non-hydrogen) atoms. The topological polar surface area (TPSA) is 75.6 Å². The Balaban J connectivity index is 4.12. The van der Waals surface area contributed by atoms with Gasteiger partial charge < -0.3 is 15.2 Å². The average molecular weight is 291 g/mol. The van der Waals surface area contributed by atoms with Crippen LogP contribution in [0, 0.1) is 5.92 Å². The van der Waals surface area contributed by atoms with Gasteiger partial charge in [0.15, 0.2) is 0 Å². The lowest BCUT2D eigenvalue weighted by Crippen LogP contribution is -2.43.